The summed E-state index contributed by atoms with van der Waals surface area (Å²) in [6.07, 6.45) is 9.73. The fourth-order valence-electron chi connectivity index (χ4n) is 4.17. The van der Waals surface area contributed by atoms with Crippen LogP contribution in [0.1, 0.15) is 65.2 Å². The highest BCUT2D eigenvalue weighted by Crippen LogP contribution is 2.47. The van der Waals surface area contributed by atoms with Crippen LogP contribution in [0.15, 0.2) is 0 Å². The minimum absolute atomic E-state index is 0.0163. The monoisotopic (exact) mass is 292 g/mol. The number of rotatable bonds is 6. The molecular formula is C18H32N2O. The molecule has 0 atom stereocenters. The van der Waals surface area contributed by atoms with Crippen molar-refractivity contribution in [3.8, 4) is 0 Å². The van der Waals surface area contributed by atoms with Gasteiger partial charge in [0.25, 0.3) is 0 Å². The molecule has 120 valence electrons. The minimum Gasteiger partial charge on any atom is -0.342 e. The standard InChI is InChI=1S/C18H32N2O/c1-14(2)12-18(8-3-9-18)17(21)20-10-6-16(7-11-20)19-13-15-4-5-15/h14-16,19H,3-13H2,1-2H3. The van der Waals surface area contributed by atoms with Crippen LogP contribution < -0.4 is 5.32 Å². The zero-order valence-corrected chi connectivity index (χ0v) is 13.9. The van der Waals surface area contributed by atoms with E-state index in [0.717, 1.165) is 51.1 Å². The highest BCUT2D eigenvalue weighted by Gasteiger charge is 2.46. The Labute approximate surface area is 129 Å². The van der Waals surface area contributed by atoms with Crippen molar-refractivity contribution in [1.29, 1.82) is 0 Å². The van der Waals surface area contributed by atoms with E-state index in [9.17, 15) is 4.79 Å². The second-order valence-corrected chi connectivity index (χ2v) is 8.15. The van der Waals surface area contributed by atoms with E-state index in [1.54, 1.807) is 0 Å². The van der Waals surface area contributed by atoms with Crippen molar-refractivity contribution >= 4 is 5.91 Å². The lowest BCUT2D eigenvalue weighted by atomic mass is 9.63. The van der Waals surface area contributed by atoms with Crippen LogP contribution in [0.4, 0.5) is 0 Å². The van der Waals surface area contributed by atoms with E-state index in [2.05, 4.69) is 24.1 Å². The van der Waals surface area contributed by atoms with Gasteiger partial charge < -0.3 is 10.2 Å². The summed E-state index contributed by atoms with van der Waals surface area (Å²) >= 11 is 0. The fraction of sp³-hybridized carbons (Fsp3) is 0.944. The Kier molecular flexibility index (Phi) is 4.58. The second kappa shape index (κ2) is 6.28. The molecule has 3 nitrogen and oxygen atoms in total. The molecule has 3 fully saturated rings. The van der Waals surface area contributed by atoms with Gasteiger partial charge in [-0.3, -0.25) is 4.79 Å². The van der Waals surface area contributed by atoms with Crippen LogP contribution in [0.5, 0.6) is 0 Å². The van der Waals surface area contributed by atoms with Crippen molar-refractivity contribution in [2.45, 2.75) is 71.3 Å². The van der Waals surface area contributed by atoms with Gasteiger partial charge in [0.15, 0.2) is 0 Å². The Hall–Kier alpha value is -0.570. The number of nitrogens with zero attached hydrogens (tertiary/aromatic N) is 1. The van der Waals surface area contributed by atoms with E-state index >= 15 is 0 Å². The number of hydrogen-bond acceptors (Lipinski definition) is 2. The maximum atomic E-state index is 12.9. The van der Waals surface area contributed by atoms with Crippen molar-refractivity contribution < 1.29 is 4.79 Å². The van der Waals surface area contributed by atoms with Crippen LogP contribution in [0.3, 0.4) is 0 Å². The van der Waals surface area contributed by atoms with Crippen molar-refractivity contribution in [3.63, 3.8) is 0 Å². The SMILES string of the molecule is CC(C)CC1(C(=O)N2CCC(NCC3CC3)CC2)CCC1. The first-order valence-electron chi connectivity index (χ1n) is 9.12. The van der Waals surface area contributed by atoms with Crippen LogP contribution in [0.2, 0.25) is 0 Å². The molecule has 1 heterocycles. The van der Waals surface area contributed by atoms with Crippen LogP contribution in [-0.2, 0) is 4.79 Å². The molecule has 1 amide bonds. The third-order valence-corrected chi connectivity index (χ3v) is 5.74. The summed E-state index contributed by atoms with van der Waals surface area (Å²) < 4.78 is 0. The predicted octanol–water partition coefficient (Wildman–Crippen LogP) is 3.19. The Balaban J connectivity index is 1.47. The fourth-order valence-corrected chi connectivity index (χ4v) is 4.17. The molecular weight excluding hydrogens is 260 g/mol. The lowest BCUT2D eigenvalue weighted by molar-refractivity contribution is -0.150. The number of carbonyl (C=O) groups is 1. The number of piperidine rings is 1. The molecule has 1 saturated heterocycles. The second-order valence-electron chi connectivity index (χ2n) is 8.15. The van der Waals surface area contributed by atoms with Crippen molar-refractivity contribution in [2.75, 3.05) is 19.6 Å². The van der Waals surface area contributed by atoms with Gasteiger partial charge in [-0.15, -0.1) is 0 Å². The van der Waals surface area contributed by atoms with Gasteiger partial charge in [-0.2, -0.15) is 0 Å². The van der Waals surface area contributed by atoms with E-state index in [0.29, 0.717) is 17.9 Å². The third kappa shape index (κ3) is 3.61. The summed E-state index contributed by atoms with van der Waals surface area (Å²) in [4.78, 5) is 15.1. The van der Waals surface area contributed by atoms with Gasteiger partial charge in [-0.05, 0) is 63.3 Å². The summed E-state index contributed by atoms with van der Waals surface area (Å²) in [5, 5.41) is 3.70. The number of amides is 1. The highest BCUT2D eigenvalue weighted by molar-refractivity contribution is 5.83. The van der Waals surface area contributed by atoms with Crippen LogP contribution >= 0.6 is 0 Å². The zero-order chi connectivity index (χ0) is 14.9. The van der Waals surface area contributed by atoms with Crippen molar-refractivity contribution in [1.82, 2.24) is 10.2 Å². The molecule has 0 radical (unpaired) electrons. The molecule has 1 N–H and O–H groups in total. The summed E-state index contributed by atoms with van der Waals surface area (Å²) in [6, 6.07) is 0.650. The Morgan fingerprint density at radius 2 is 1.86 bits per heavy atom. The first-order chi connectivity index (χ1) is 10.1. The van der Waals surface area contributed by atoms with Crippen molar-refractivity contribution in [3.05, 3.63) is 0 Å². The van der Waals surface area contributed by atoms with Gasteiger partial charge in [0.2, 0.25) is 5.91 Å². The zero-order valence-electron chi connectivity index (χ0n) is 13.9. The summed E-state index contributed by atoms with van der Waals surface area (Å²) in [5.74, 6) is 2.06. The molecule has 1 aliphatic heterocycles. The normalized spacial score (nSPS) is 26.0. The van der Waals surface area contributed by atoms with Gasteiger partial charge in [0.05, 0.1) is 0 Å². The maximum Gasteiger partial charge on any atom is 0.228 e. The van der Waals surface area contributed by atoms with E-state index in [-0.39, 0.29) is 5.41 Å². The lowest BCUT2D eigenvalue weighted by Crippen LogP contribution is -2.53. The molecule has 0 aromatic heterocycles. The number of nitrogens with one attached hydrogen (secondary N) is 1. The van der Waals surface area contributed by atoms with Gasteiger partial charge in [-0.25, -0.2) is 0 Å². The van der Waals surface area contributed by atoms with Gasteiger partial charge in [0, 0.05) is 24.5 Å². The molecule has 0 bridgehead atoms. The third-order valence-electron chi connectivity index (χ3n) is 5.74. The van der Waals surface area contributed by atoms with Crippen LogP contribution in [0.25, 0.3) is 0 Å². The summed E-state index contributed by atoms with van der Waals surface area (Å²) in [5.41, 5.74) is 0.0163. The average molecular weight is 292 g/mol. The summed E-state index contributed by atoms with van der Waals surface area (Å²) in [7, 11) is 0. The first-order valence-corrected chi connectivity index (χ1v) is 9.12. The minimum atomic E-state index is 0.0163. The summed E-state index contributed by atoms with van der Waals surface area (Å²) in [6.45, 7) is 7.65. The quantitative estimate of drug-likeness (QED) is 0.815. The van der Waals surface area contributed by atoms with Gasteiger partial charge in [-0.1, -0.05) is 20.3 Å². The molecule has 0 aromatic carbocycles. The number of likely N-dealkylation sites (tertiary alicyclic amines) is 1. The van der Waals surface area contributed by atoms with E-state index < -0.39 is 0 Å². The van der Waals surface area contributed by atoms with E-state index in [1.165, 1.54) is 25.8 Å². The first kappa shape index (κ1) is 15.3. The molecule has 3 aliphatic rings. The Bertz CT molecular complexity index is 363. The maximum absolute atomic E-state index is 12.9. The molecule has 3 heteroatoms. The highest BCUT2D eigenvalue weighted by atomic mass is 16.2. The molecule has 21 heavy (non-hydrogen) atoms. The number of carbonyl (C=O) groups excluding carboxylic acids is 1. The largest absolute Gasteiger partial charge is 0.342 e. The topological polar surface area (TPSA) is 32.3 Å². The molecule has 0 aromatic rings. The molecule has 0 spiro atoms. The molecule has 3 rings (SSSR count). The smallest absolute Gasteiger partial charge is 0.228 e. The molecule has 2 aliphatic carbocycles. The van der Waals surface area contributed by atoms with Gasteiger partial charge >= 0.3 is 0 Å². The Morgan fingerprint density at radius 3 is 2.33 bits per heavy atom. The number of hydrogen-bond donors (Lipinski definition) is 1. The van der Waals surface area contributed by atoms with Crippen LogP contribution in [0, 0.1) is 17.3 Å². The van der Waals surface area contributed by atoms with Crippen LogP contribution in [-0.4, -0.2) is 36.5 Å². The molecule has 0 unspecified atom stereocenters. The average Bonchev–Trinajstić information content (AvgIpc) is 3.24. The van der Waals surface area contributed by atoms with Gasteiger partial charge in [0.1, 0.15) is 0 Å². The lowest BCUT2D eigenvalue weighted by Gasteiger charge is -2.46. The van der Waals surface area contributed by atoms with E-state index in [1.807, 2.05) is 0 Å². The molecule has 2 saturated carbocycles. The predicted molar refractivity (Wildman–Crippen MR) is 86.1 cm³/mol. The van der Waals surface area contributed by atoms with E-state index in [4.69, 9.17) is 0 Å². The Morgan fingerprint density at radius 1 is 1.19 bits per heavy atom. The van der Waals surface area contributed by atoms with Crippen molar-refractivity contribution in [2.24, 2.45) is 17.3 Å².